The van der Waals surface area contributed by atoms with Crippen LogP contribution in [0.25, 0.3) is 0 Å². The molecule has 4 N–H and O–H groups in total. The highest BCUT2D eigenvalue weighted by Crippen LogP contribution is 2.40. The van der Waals surface area contributed by atoms with E-state index < -0.39 is 5.91 Å². The number of hydrogen-bond donors (Lipinski definition) is 3. The fourth-order valence-corrected chi connectivity index (χ4v) is 3.97. The van der Waals surface area contributed by atoms with Gasteiger partial charge in [-0.05, 0) is 36.1 Å². The van der Waals surface area contributed by atoms with Crippen molar-refractivity contribution in [2.75, 3.05) is 20.2 Å². The number of nitrogens with two attached hydrogens (primary N) is 1. The minimum atomic E-state index is -0.489. The minimum Gasteiger partial charge on any atom is -0.484 e. The third-order valence-electron chi connectivity index (χ3n) is 5.50. The van der Waals surface area contributed by atoms with Gasteiger partial charge in [-0.25, -0.2) is 0 Å². The van der Waals surface area contributed by atoms with Crippen LogP contribution in [0.3, 0.4) is 0 Å². The molecule has 3 rings (SSSR count). The lowest BCUT2D eigenvalue weighted by Crippen LogP contribution is -2.44. The standard InChI is InChI=1S/C23H30N4O2.HI/c1-25-22(26-15-18-8-7-11-20(14-18)29-16-21(24)28)27-17-23(12-5-6-13-23)19-9-3-2-4-10-19;/h2-4,7-11,14H,5-6,12-13,15-17H2,1H3,(H2,24,28)(H2,25,26,27);1H. The largest absolute Gasteiger partial charge is 0.484 e. The molecule has 2 aromatic rings. The number of nitrogens with zero attached hydrogens (tertiary/aromatic N) is 1. The van der Waals surface area contributed by atoms with Crippen LogP contribution in [0.2, 0.25) is 0 Å². The van der Waals surface area contributed by atoms with Crippen LogP contribution in [0, 0.1) is 0 Å². The summed E-state index contributed by atoms with van der Waals surface area (Å²) in [7, 11) is 1.78. The average molecular weight is 522 g/mol. The van der Waals surface area contributed by atoms with E-state index >= 15 is 0 Å². The van der Waals surface area contributed by atoms with E-state index in [2.05, 4.69) is 46.0 Å². The highest BCUT2D eigenvalue weighted by molar-refractivity contribution is 14.0. The van der Waals surface area contributed by atoms with Crippen LogP contribution >= 0.6 is 24.0 Å². The number of amides is 1. The average Bonchev–Trinajstić information content (AvgIpc) is 3.23. The lowest BCUT2D eigenvalue weighted by atomic mass is 9.79. The summed E-state index contributed by atoms with van der Waals surface area (Å²) in [4.78, 5) is 15.3. The summed E-state index contributed by atoms with van der Waals surface area (Å²) in [6.07, 6.45) is 4.92. The van der Waals surface area contributed by atoms with Gasteiger partial charge < -0.3 is 21.1 Å². The molecule has 7 heteroatoms. The fraction of sp³-hybridized carbons (Fsp3) is 0.391. The van der Waals surface area contributed by atoms with Crippen LogP contribution in [-0.4, -0.2) is 32.1 Å². The van der Waals surface area contributed by atoms with Crippen LogP contribution in [0.1, 0.15) is 36.8 Å². The number of hydrogen-bond acceptors (Lipinski definition) is 3. The first-order valence-corrected chi connectivity index (χ1v) is 10.1. The Morgan fingerprint density at radius 3 is 2.50 bits per heavy atom. The molecule has 0 radical (unpaired) electrons. The molecule has 162 valence electrons. The van der Waals surface area contributed by atoms with Gasteiger partial charge in [0, 0.05) is 25.6 Å². The molecule has 1 saturated carbocycles. The smallest absolute Gasteiger partial charge is 0.255 e. The predicted molar refractivity (Wildman–Crippen MR) is 131 cm³/mol. The van der Waals surface area contributed by atoms with Crippen molar-refractivity contribution >= 4 is 35.8 Å². The fourth-order valence-electron chi connectivity index (χ4n) is 3.97. The Labute approximate surface area is 195 Å². The highest BCUT2D eigenvalue weighted by atomic mass is 127. The quantitative estimate of drug-likeness (QED) is 0.282. The molecule has 0 saturated heterocycles. The van der Waals surface area contributed by atoms with Gasteiger partial charge in [0.05, 0.1) is 0 Å². The van der Waals surface area contributed by atoms with Gasteiger partial charge in [-0.2, -0.15) is 0 Å². The van der Waals surface area contributed by atoms with E-state index in [1.807, 2.05) is 24.3 Å². The second-order valence-corrected chi connectivity index (χ2v) is 7.54. The minimum absolute atomic E-state index is 0. The van der Waals surface area contributed by atoms with Crippen LogP contribution in [0.5, 0.6) is 5.75 Å². The molecule has 2 aromatic carbocycles. The van der Waals surface area contributed by atoms with Crippen molar-refractivity contribution in [1.29, 1.82) is 0 Å². The first kappa shape index (κ1) is 24.0. The zero-order chi connectivity index (χ0) is 20.5. The maximum absolute atomic E-state index is 10.9. The summed E-state index contributed by atoms with van der Waals surface area (Å²) >= 11 is 0. The molecule has 1 aliphatic rings. The molecule has 6 nitrogen and oxygen atoms in total. The topological polar surface area (TPSA) is 88.7 Å². The summed E-state index contributed by atoms with van der Waals surface area (Å²) in [5.74, 6) is 0.910. The normalized spacial score (nSPS) is 15.2. The monoisotopic (exact) mass is 522 g/mol. The summed E-state index contributed by atoms with van der Waals surface area (Å²) in [5, 5.41) is 6.88. The SMILES string of the molecule is CN=C(NCc1cccc(OCC(N)=O)c1)NCC1(c2ccccc2)CCCC1.I. The number of carbonyl (C=O) groups is 1. The van der Waals surface area contributed by atoms with Crippen LogP contribution in [0.4, 0.5) is 0 Å². The number of benzene rings is 2. The van der Waals surface area contributed by atoms with E-state index in [0.29, 0.717) is 12.3 Å². The molecule has 1 aliphatic carbocycles. The van der Waals surface area contributed by atoms with E-state index in [1.165, 1.54) is 31.2 Å². The van der Waals surface area contributed by atoms with E-state index in [9.17, 15) is 4.79 Å². The molecule has 1 fully saturated rings. The maximum Gasteiger partial charge on any atom is 0.255 e. The molecule has 0 bridgehead atoms. The molecular weight excluding hydrogens is 491 g/mol. The lowest BCUT2D eigenvalue weighted by Gasteiger charge is -2.30. The highest BCUT2D eigenvalue weighted by Gasteiger charge is 2.35. The molecule has 0 heterocycles. The number of aliphatic imine (C=N–C) groups is 1. The number of halogens is 1. The van der Waals surface area contributed by atoms with Gasteiger partial charge in [0.15, 0.2) is 12.6 Å². The Balaban J connectivity index is 0.00000320. The van der Waals surface area contributed by atoms with Crippen molar-refractivity contribution in [3.8, 4) is 5.75 Å². The number of rotatable bonds is 8. The second kappa shape index (κ2) is 11.8. The Bertz CT molecular complexity index is 836. The summed E-state index contributed by atoms with van der Waals surface area (Å²) in [6.45, 7) is 1.34. The van der Waals surface area contributed by atoms with Gasteiger partial charge in [-0.3, -0.25) is 9.79 Å². The van der Waals surface area contributed by atoms with Crippen molar-refractivity contribution in [3.63, 3.8) is 0 Å². The second-order valence-electron chi connectivity index (χ2n) is 7.54. The van der Waals surface area contributed by atoms with E-state index in [4.69, 9.17) is 10.5 Å². The number of primary amides is 1. The zero-order valence-electron chi connectivity index (χ0n) is 17.4. The molecule has 1 amide bonds. The van der Waals surface area contributed by atoms with Crippen LogP contribution < -0.4 is 21.1 Å². The van der Waals surface area contributed by atoms with Crippen molar-refractivity contribution in [2.24, 2.45) is 10.7 Å². The third-order valence-corrected chi connectivity index (χ3v) is 5.50. The summed E-state index contributed by atoms with van der Waals surface area (Å²) in [5.41, 5.74) is 7.74. The van der Waals surface area contributed by atoms with Gasteiger partial charge in [0.1, 0.15) is 5.75 Å². The van der Waals surface area contributed by atoms with Gasteiger partial charge in [-0.15, -0.1) is 24.0 Å². The lowest BCUT2D eigenvalue weighted by molar-refractivity contribution is -0.119. The van der Waals surface area contributed by atoms with Crippen molar-refractivity contribution < 1.29 is 9.53 Å². The number of nitrogens with one attached hydrogen (secondary N) is 2. The Hall–Kier alpha value is -2.29. The van der Waals surface area contributed by atoms with E-state index in [0.717, 1.165) is 18.1 Å². The Kier molecular flexibility index (Phi) is 9.42. The molecule has 30 heavy (non-hydrogen) atoms. The number of guanidine groups is 1. The molecule has 0 aliphatic heterocycles. The van der Waals surface area contributed by atoms with Crippen molar-refractivity contribution in [2.45, 2.75) is 37.6 Å². The molecule has 0 spiro atoms. The Morgan fingerprint density at radius 2 is 1.83 bits per heavy atom. The van der Waals surface area contributed by atoms with Crippen molar-refractivity contribution in [1.82, 2.24) is 10.6 Å². The van der Waals surface area contributed by atoms with Gasteiger partial charge in [-0.1, -0.05) is 55.3 Å². The molecule has 0 unspecified atom stereocenters. The van der Waals surface area contributed by atoms with Crippen molar-refractivity contribution in [3.05, 3.63) is 65.7 Å². The number of ether oxygens (including phenoxy) is 1. The van der Waals surface area contributed by atoms with Gasteiger partial charge >= 0.3 is 0 Å². The number of carbonyl (C=O) groups excluding carboxylic acids is 1. The maximum atomic E-state index is 10.9. The first-order valence-electron chi connectivity index (χ1n) is 10.1. The van der Waals surface area contributed by atoms with E-state index in [1.54, 1.807) is 7.05 Å². The predicted octanol–water partition coefficient (Wildman–Crippen LogP) is 3.35. The van der Waals surface area contributed by atoms with Crippen LogP contribution in [-0.2, 0) is 16.8 Å². The van der Waals surface area contributed by atoms with E-state index in [-0.39, 0.29) is 36.0 Å². The first-order chi connectivity index (χ1) is 14.1. The van der Waals surface area contributed by atoms with Gasteiger partial charge in [0.2, 0.25) is 0 Å². The molecule has 0 atom stereocenters. The van der Waals surface area contributed by atoms with Crippen LogP contribution in [0.15, 0.2) is 59.6 Å². The molecule has 0 aromatic heterocycles. The summed E-state index contributed by atoms with van der Waals surface area (Å²) < 4.78 is 5.37. The van der Waals surface area contributed by atoms with Gasteiger partial charge in [0.25, 0.3) is 5.91 Å². The summed E-state index contributed by atoms with van der Waals surface area (Å²) in [6, 6.07) is 18.4. The zero-order valence-corrected chi connectivity index (χ0v) is 19.7. The molecular formula is C23H31IN4O2. The Morgan fingerprint density at radius 1 is 1.10 bits per heavy atom. The third kappa shape index (κ3) is 6.62.